The van der Waals surface area contributed by atoms with E-state index in [1.165, 1.54) is 11.0 Å². The van der Waals surface area contributed by atoms with Crippen molar-refractivity contribution in [2.75, 3.05) is 4.90 Å². The van der Waals surface area contributed by atoms with E-state index in [1.807, 2.05) is 0 Å². The van der Waals surface area contributed by atoms with Crippen molar-refractivity contribution in [2.24, 2.45) is 0 Å². The Kier molecular flexibility index (Phi) is 4.72. The zero-order chi connectivity index (χ0) is 17.3. The van der Waals surface area contributed by atoms with Gasteiger partial charge in [0.15, 0.2) is 0 Å². The Hall–Kier alpha value is -2.13. The SMILES string of the molecule is O=C=CC(Cl)=Cc1cc(N2C(=O)C3=C(CCCC3)C2=O)ccc1Cl. The Morgan fingerprint density at radius 3 is 2.33 bits per heavy atom. The molecule has 0 radical (unpaired) electrons. The summed E-state index contributed by atoms with van der Waals surface area (Å²) in [4.78, 5) is 36.7. The third-order valence-corrected chi connectivity index (χ3v) is 4.68. The largest absolute Gasteiger partial charge is 0.269 e. The smallest absolute Gasteiger partial charge is 0.261 e. The molecule has 0 spiro atoms. The molecule has 2 amide bonds. The number of amides is 2. The van der Waals surface area contributed by atoms with Crippen molar-refractivity contribution >= 4 is 52.7 Å². The average Bonchev–Trinajstić information content (AvgIpc) is 2.82. The first-order chi connectivity index (χ1) is 11.5. The highest BCUT2D eigenvalue weighted by Gasteiger charge is 2.39. The number of rotatable bonds is 3. The van der Waals surface area contributed by atoms with Gasteiger partial charge in [-0.05, 0) is 55.5 Å². The Bertz CT molecular complexity index is 820. The summed E-state index contributed by atoms with van der Waals surface area (Å²) in [6.07, 6.45) is 5.69. The Balaban J connectivity index is 1.99. The first-order valence-corrected chi connectivity index (χ1v) is 8.27. The minimum atomic E-state index is -0.258. The van der Waals surface area contributed by atoms with Crippen LogP contribution in [0.4, 0.5) is 5.69 Å². The Morgan fingerprint density at radius 1 is 1.12 bits per heavy atom. The highest BCUT2D eigenvalue weighted by Crippen LogP contribution is 2.36. The lowest BCUT2D eigenvalue weighted by atomic mass is 9.93. The van der Waals surface area contributed by atoms with Gasteiger partial charge in [-0.25, -0.2) is 9.69 Å². The molecule has 122 valence electrons. The lowest BCUT2D eigenvalue weighted by Crippen LogP contribution is -2.31. The molecular formula is C18H13Cl2NO3. The van der Waals surface area contributed by atoms with E-state index in [0.29, 0.717) is 40.3 Å². The molecule has 0 atom stereocenters. The summed E-state index contributed by atoms with van der Waals surface area (Å²) in [7, 11) is 0. The van der Waals surface area contributed by atoms with Crippen LogP contribution >= 0.6 is 23.2 Å². The van der Waals surface area contributed by atoms with Gasteiger partial charge in [0.2, 0.25) is 0 Å². The van der Waals surface area contributed by atoms with Gasteiger partial charge in [-0.15, -0.1) is 0 Å². The Labute approximate surface area is 149 Å². The molecule has 2 aliphatic rings. The molecule has 0 N–H and O–H groups in total. The highest BCUT2D eigenvalue weighted by atomic mass is 35.5. The maximum atomic E-state index is 12.6. The molecule has 3 rings (SSSR count). The number of hydrogen-bond acceptors (Lipinski definition) is 3. The third-order valence-electron chi connectivity index (χ3n) is 4.12. The summed E-state index contributed by atoms with van der Waals surface area (Å²) in [6, 6.07) is 4.82. The summed E-state index contributed by atoms with van der Waals surface area (Å²) < 4.78 is 0. The summed E-state index contributed by atoms with van der Waals surface area (Å²) in [6.45, 7) is 0. The van der Waals surface area contributed by atoms with Crippen LogP contribution in [-0.2, 0) is 14.4 Å². The summed E-state index contributed by atoms with van der Waals surface area (Å²) in [5, 5.41) is 0.550. The normalized spacial score (nSPS) is 17.9. The lowest BCUT2D eigenvalue weighted by molar-refractivity contribution is -0.120. The van der Waals surface area contributed by atoms with E-state index in [0.717, 1.165) is 18.9 Å². The molecule has 0 bridgehead atoms. The van der Waals surface area contributed by atoms with Crippen LogP contribution in [0.1, 0.15) is 31.2 Å². The van der Waals surface area contributed by atoms with Crippen LogP contribution in [-0.4, -0.2) is 17.8 Å². The number of anilines is 1. The third kappa shape index (κ3) is 2.96. The van der Waals surface area contributed by atoms with Crippen LogP contribution in [0.15, 0.2) is 40.5 Å². The minimum Gasteiger partial charge on any atom is -0.269 e. The van der Waals surface area contributed by atoms with E-state index in [1.54, 1.807) is 24.1 Å². The van der Waals surface area contributed by atoms with E-state index < -0.39 is 0 Å². The molecule has 4 nitrogen and oxygen atoms in total. The summed E-state index contributed by atoms with van der Waals surface area (Å²) >= 11 is 12.0. The minimum absolute atomic E-state index is 0.153. The van der Waals surface area contributed by atoms with Crippen molar-refractivity contribution < 1.29 is 14.4 Å². The van der Waals surface area contributed by atoms with Crippen molar-refractivity contribution in [1.82, 2.24) is 0 Å². The van der Waals surface area contributed by atoms with Crippen LogP contribution in [0, 0.1) is 0 Å². The molecule has 0 unspecified atom stereocenters. The van der Waals surface area contributed by atoms with Crippen molar-refractivity contribution in [2.45, 2.75) is 25.7 Å². The summed E-state index contributed by atoms with van der Waals surface area (Å²) in [5.74, 6) is 1.06. The molecule has 1 heterocycles. The first-order valence-electron chi connectivity index (χ1n) is 7.51. The van der Waals surface area contributed by atoms with Gasteiger partial charge in [-0.1, -0.05) is 23.2 Å². The quantitative estimate of drug-likeness (QED) is 0.463. The number of allylic oxidation sites excluding steroid dienone is 2. The molecular weight excluding hydrogens is 349 g/mol. The molecule has 1 aliphatic heterocycles. The fourth-order valence-corrected chi connectivity index (χ4v) is 3.34. The maximum Gasteiger partial charge on any atom is 0.261 e. The number of hydrogen-bond donors (Lipinski definition) is 0. The predicted molar refractivity (Wildman–Crippen MR) is 93.5 cm³/mol. The van der Waals surface area contributed by atoms with Crippen LogP contribution in [0.2, 0.25) is 5.02 Å². The maximum absolute atomic E-state index is 12.6. The molecule has 1 aliphatic carbocycles. The molecule has 6 heteroatoms. The second-order valence-corrected chi connectivity index (χ2v) is 6.45. The number of benzene rings is 1. The Morgan fingerprint density at radius 2 is 1.75 bits per heavy atom. The van der Waals surface area contributed by atoms with Crippen LogP contribution < -0.4 is 4.90 Å². The molecule has 24 heavy (non-hydrogen) atoms. The van der Waals surface area contributed by atoms with E-state index in [2.05, 4.69) is 0 Å². The van der Waals surface area contributed by atoms with E-state index in [9.17, 15) is 14.4 Å². The predicted octanol–water partition coefficient (Wildman–Crippen LogP) is 4.05. The highest BCUT2D eigenvalue weighted by molar-refractivity contribution is 6.36. The average molecular weight is 362 g/mol. The second-order valence-electron chi connectivity index (χ2n) is 5.61. The topological polar surface area (TPSA) is 54.5 Å². The number of halogens is 2. The van der Waals surface area contributed by atoms with Crippen molar-refractivity contribution in [1.29, 1.82) is 0 Å². The fraction of sp³-hybridized carbons (Fsp3) is 0.222. The van der Waals surface area contributed by atoms with Gasteiger partial charge in [-0.2, -0.15) is 0 Å². The zero-order valence-corrected chi connectivity index (χ0v) is 14.2. The van der Waals surface area contributed by atoms with Gasteiger partial charge in [-0.3, -0.25) is 9.59 Å². The lowest BCUT2D eigenvalue weighted by Gasteiger charge is -2.16. The number of imide groups is 1. The number of carbonyl (C=O) groups excluding carboxylic acids is 3. The first kappa shape index (κ1) is 16.7. The van der Waals surface area contributed by atoms with Gasteiger partial charge < -0.3 is 0 Å². The van der Waals surface area contributed by atoms with E-state index in [-0.39, 0.29) is 16.8 Å². The molecule has 0 fully saturated rings. The monoisotopic (exact) mass is 361 g/mol. The van der Waals surface area contributed by atoms with Crippen LogP contribution in [0.25, 0.3) is 6.08 Å². The second kappa shape index (κ2) is 6.78. The van der Waals surface area contributed by atoms with E-state index in [4.69, 9.17) is 23.2 Å². The van der Waals surface area contributed by atoms with Crippen molar-refractivity contribution in [3.63, 3.8) is 0 Å². The number of nitrogens with zero attached hydrogens (tertiary/aromatic N) is 1. The van der Waals surface area contributed by atoms with Gasteiger partial charge in [0, 0.05) is 22.2 Å². The van der Waals surface area contributed by atoms with Gasteiger partial charge in [0.25, 0.3) is 11.8 Å². The van der Waals surface area contributed by atoms with Gasteiger partial charge >= 0.3 is 0 Å². The van der Waals surface area contributed by atoms with Gasteiger partial charge in [0.05, 0.1) is 10.7 Å². The number of carbonyl (C=O) groups is 2. The van der Waals surface area contributed by atoms with Crippen molar-refractivity contribution in [3.05, 3.63) is 51.0 Å². The standard InChI is InChI=1S/C18H13Cl2NO3/c19-12(7-8-22)9-11-10-13(5-6-16(11)20)21-17(23)14-3-1-2-4-15(14)18(21)24/h5-7,9-10H,1-4H2. The van der Waals surface area contributed by atoms with Crippen LogP contribution in [0.5, 0.6) is 0 Å². The summed E-state index contributed by atoms with van der Waals surface area (Å²) in [5.41, 5.74) is 2.20. The van der Waals surface area contributed by atoms with Crippen LogP contribution in [0.3, 0.4) is 0 Å². The fourth-order valence-electron chi connectivity index (χ4n) is 3.00. The van der Waals surface area contributed by atoms with Crippen molar-refractivity contribution in [3.8, 4) is 0 Å². The zero-order valence-electron chi connectivity index (χ0n) is 12.6. The molecule has 0 saturated carbocycles. The molecule has 1 aromatic rings. The molecule has 1 aromatic carbocycles. The van der Waals surface area contributed by atoms with Gasteiger partial charge in [0.1, 0.15) is 5.94 Å². The molecule has 0 aromatic heterocycles. The molecule has 0 saturated heterocycles. The van der Waals surface area contributed by atoms with E-state index >= 15 is 0 Å².